The minimum atomic E-state index is -0.270. The van der Waals surface area contributed by atoms with Crippen LogP contribution in [-0.4, -0.2) is 17.1 Å². The lowest BCUT2D eigenvalue weighted by atomic mass is 10.1. The number of hydrogen-bond donors (Lipinski definition) is 1. The highest BCUT2D eigenvalue weighted by molar-refractivity contribution is 7.10. The molecule has 0 aliphatic heterocycles. The van der Waals surface area contributed by atoms with Crippen LogP contribution in [0.3, 0.4) is 0 Å². The molecule has 2 aromatic heterocycles. The van der Waals surface area contributed by atoms with Crippen LogP contribution in [0.5, 0.6) is 5.88 Å². The third-order valence-electron chi connectivity index (χ3n) is 2.62. The zero-order valence-electron chi connectivity index (χ0n) is 9.88. The molecule has 5 heteroatoms. The Kier molecular flexibility index (Phi) is 3.71. The molecule has 0 fully saturated rings. The van der Waals surface area contributed by atoms with Crippen LogP contribution in [0.1, 0.15) is 29.1 Å². The molecule has 2 rings (SSSR count). The number of nitrogens with zero attached hydrogens (tertiary/aromatic N) is 2. The molecule has 0 radical (unpaired) electrons. The van der Waals surface area contributed by atoms with Crippen LogP contribution < -0.4 is 10.5 Å². The van der Waals surface area contributed by atoms with Crippen molar-refractivity contribution in [3.63, 3.8) is 0 Å². The zero-order chi connectivity index (χ0) is 12.3. The van der Waals surface area contributed by atoms with Gasteiger partial charge >= 0.3 is 0 Å². The number of rotatable bonds is 4. The Morgan fingerprint density at radius 3 is 2.88 bits per heavy atom. The van der Waals surface area contributed by atoms with Gasteiger partial charge in [0.1, 0.15) is 5.69 Å². The van der Waals surface area contributed by atoms with Crippen LogP contribution >= 0.6 is 11.3 Å². The van der Waals surface area contributed by atoms with E-state index in [4.69, 9.17) is 10.5 Å². The third-order valence-corrected chi connectivity index (χ3v) is 3.67. The normalized spacial score (nSPS) is 12.4. The van der Waals surface area contributed by atoms with E-state index in [2.05, 4.69) is 28.3 Å². The van der Waals surface area contributed by atoms with E-state index in [1.165, 1.54) is 5.56 Å². The molecule has 1 unspecified atom stereocenters. The van der Waals surface area contributed by atoms with Crippen LogP contribution in [0.15, 0.2) is 23.8 Å². The first kappa shape index (κ1) is 12.0. The van der Waals surface area contributed by atoms with Crippen LogP contribution in [0, 0.1) is 0 Å². The summed E-state index contributed by atoms with van der Waals surface area (Å²) in [5.41, 5.74) is 8.19. The average molecular weight is 249 g/mol. The molecule has 0 amide bonds. The summed E-state index contributed by atoms with van der Waals surface area (Å²) in [6, 6.07) is 1.83. The third kappa shape index (κ3) is 2.30. The molecular formula is C12H15N3OS. The Hall–Kier alpha value is -1.46. The molecular weight excluding hydrogens is 234 g/mol. The highest BCUT2D eigenvalue weighted by atomic mass is 32.1. The lowest BCUT2D eigenvalue weighted by Gasteiger charge is -2.13. The Bertz CT molecular complexity index is 498. The van der Waals surface area contributed by atoms with Gasteiger partial charge in [-0.25, -0.2) is 4.98 Å². The number of methoxy groups -OCH3 is 1. The van der Waals surface area contributed by atoms with Gasteiger partial charge in [-0.15, -0.1) is 11.3 Å². The second kappa shape index (κ2) is 5.25. The maximum Gasteiger partial charge on any atom is 0.237 e. The smallest absolute Gasteiger partial charge is 0.237 e. The van der Waals surface area contributed by atoms with Gasteiger partial charge in [0, 0.05) is 17.3 Å². The standard InChI is InChI=1S/C12H15N3OS/c1-3-8-4-7-17-11(8)9(13)10-12(16-2)15-6-5-14-10/h4-7,9H,3,13H2,1-2H3. The second-order valence-corrected chi connectivity index (χ2v) is 4.54. The SMILES string of the molecule is CCc1ccsc1C(N)c1nccnc1OC. The summed E-state index contributed by atoms with van der Waals surface area (Å²) in [5, 5.41) is 2.05. The number of aromatic nitrogens is 2. The van der Waals surface area contributed by atoms with Crippen molar-refractivity contribution in [3.8, 4) is 5.88 Å². The first-order valence-electron chi connectivity index (χ1n) is 5.44. The number of aryl methyl sites for hydroxylation is 1. The fraction of sp³-hybridized carbons (Fsp3) is 0.333. The Morgan fingerprint density at radius 1 is 1.41 bits per heavy atom. The second-order valence-electron chi connectivity index (χ2n) is 3.59. The number of hydrogen-bond acceptors (Lipinski definition) is 5. The lowest BCUT2D eigenvalue weighted by molar-refractivity contribution is 0.387. The first-order chi connectivity index (χ1) is 8.27. The summed E-state index contributed by atoms with van der Waals surface area (Å²) in [4.78, 5) is 9.53. The van der Waals surface area contributed by atoms with E-state index in [9.17, 15) is 0 Å². The lowest BCUT2D eigenvalue weighted by Crippen LogP contribution is -2.15. The summed E-state index contributed by atoms with van der Waals surface area (Å²) >= 11 is 1.65. The van der Waals surface area contributed by atoms with Gasteiger partial charge in [-0.05, 0) is 23.4 Å². The van der Waals surface area contributed by atoms with E-state index in [1.807, 2.05) is 0 Å². The molecule has 0 aromatic carbocycles. The van der Waals surface area contributed by atoms with Gasteiger partial charge in [0.25, 0.3) is 0 Å². The largest absolute Gasteiger partial charge is 0.480 e. The summed E-state index contributed by atoms with van der Waals surface area (Å²) in [5.74, 6) is 0.496. The van der Waals surface area contributed by atoms with E-state index in [1.54, 1.807) is 30.8 Å². The molecule has 2 N–H and O–H groups in total. The topological polar surface area (TPSA) is 61.0 Å². The highest BCUT2D eigenvalue weighted by Crippen LogP contribution is 2.30. The minimum Gasteiger partial charge on any atom is -0.480 e. The van der Waals surface area contributed by atoms with E-state index < -0.39 is 0 Å². The molecule has 0 aliphatic carbocycles. The average Bonchev–Trinajstić information content (AvgIpc) is 2.86. The molecule has 17 heavy (non-hydrogen) atoms. The van der Waals surface area contributed by atoms with Crippen LogP contribution in [0.2, 0.25) is 0 Å². The van der Waals surface area contributed by atoms with Crippen molar-refractivity contribution in [1.82, 2.24) is 9.97 Å². The fourth-order valence-corrected chi connectivity index (χ4v) is 2.74. The zero-order valence-corrected chi connectivity index (χ0v) is 10.7. The van der Waals surface area contributed by atoms with Gasteiger partial charge in [0.15, 0.2) is 0 Å². The molecule has 2 aromatic rings. The molecule has 0 aliphatic rings. The first-order valence-corrected chi connectivity index (χ1v) is 6.32. The summed E-state index contributed by atoms with van der Waals surface area (Å²) in [6.07, 6.45) is 4.20. The maximum absolute atomic E-state index is 6.24. The van der Waals surface area contributed by atoms with Crippen molar-refractivity contribution < 1.29 is 4.74 Å². The van der Waals surface area contributed by atoms with Crippen molar-refractivity contribution in [2.24, 2.45) is 5.73 Å². The van der Waals surface area contributed by atoms with Crippen molar-refractivity contribution in [3.05, 3.63) is 40.0 Å². The molecule has 0 bridgehead atoms. The van der Waals surface area contributed by atoms with Gasteiger partial charge in [-0.2, -0.15) is 0 Å². The van der Waals surface area contributed by atoms with Gasteiger partial charge in [-0.3, -0.25) is 4.98 Å². The fourth-order valence-electron chi connectivity index (χ4n) is 1.74. The van der Waals surface area contributed by atoms with Gasteiger partial charge < -0.3 is 10.5 Å². The van der Waals surface area contributed by atoms with Crippen LogP contribution in [0.4, 0.5) is 0 Å². The summed E-state index contributed by atoms with van der Waals surface area (Å²) < 4.78 is 5.19. The van der Waals surface area contributed by atoms with E-state index in [0.29, 0.717) is 11.6 Å². The Balaban J connectivity index is 2.40. The monoisotopic (exact) mass is 249 g/mol. The van der Waals surface area contributed by atoms with Gasteiger partial charge in [0.05, 0.1) is 13.2 Å². The number of ether oxygens (including phenoxy) is 1. The van der Waals surface area contributed by atoms with Gasteiger partial charge in [0.2, 0.25) is 5.88 Å². The van der Waals surface area contributed by atoms with E-state index in [0.717, 1.165) is 11.3 Å². The van der Waals surface area contributed by atoms with Crippen molar-refractivity contribution in [2.45, 2.75) is 19.4 Å². The molecule has 90 valence electrons. The quantitative estimate of drug-likeness (QED) is 0.902. The Morgan fingerprint density at radius 2 is 2.18 bits per heavy atom. The van der Waals surface area contributed by atoms with Crippen LogP contribution in [0.25, 0.3) is 0 Å². The minimum absolute atomic E-state index is 0.270. The van der Waals surface area contributed by atoms with Crippen molar-refractivity contribution >= 4 is 11.3 Å². The van der Waals surface area contributed by atoms with Crippen molar-refractivity contribution in [1.29, 1.82) is 0 Å². The molecule has 1 atom stereocenters. The molecule has 0 saturated heterocycles. The number of nitrogens with two attached hydrogens (primary N) is 1. The summed E-state index contributed by atoms with van der Waals surface area (Å²) in [7, 11) is 1.58. The van der Waals surface area contributed by atoms with Crippen LogP contribution in [-0.2, 0) is 6.42 Å². The molecule has 0 saturated carbocycles. The van der Waals surface area contributed by atoms with E-state index in [-0.39, 0.29) is 6.04 Å². The van der Waals surface area contributed by atoms with E-state index >= 15 is 0 Å². The van der Waals surface area contributed by atoms with Gasteiger partial charge in [-0.1, -0.05) is 6.92 Å². The molecule has 2 heterocycles. The highest BCUT2D eigenvalue weighted by Gasteiger charge is 2.19. The molecule has 4 nitrogen and oxygen atoms in total. The Labute approximate surface area is 104 Å². The maximum atomic E-state index is 6.24. The molecule has 0 spiro atoms. The van der Waals surface area contributed by atoms with Crippen molar-refractivity contribution in [2.75, 3.05) is 7.11 Å². The predicted molar refractivity (Wildman–Crippen MR) is 68.3 cm³/mol. The predicted octanol–water partition coefficient (Wildman–Crippen LogP) is 2.16. The number of thiophene rings is 1. The summed E-state index contributed by atoms with van der Waals surface area (Å²) in [6.45, 7) is 2.12.